The van der Waals surface area contributed by atoms with E-state index >= 15 is 0 Å². The Kier molecular flexibility index (Phi) is 8.79. The molecule has 1 atom stereocenters. The fraction of sp³-hybridized carbons (Fsp3) is 0.750. The topological polar surface area (TPSA) is 63.2 Å². The maximum absolute atomic E-state index is 11.9. The molecule has 0 aromatic carbocycles. The number of hydrogen-bond acceptors (Lipinski definition) is 5. The highest BCUT2D eigenvalue weighted by atomic mass is 16.6. The van der Waals surface area contributed by atoms with Gasteiger partial charge in [0.25, 0.3) is 0 Å². The van der Waals surface area contributed by atoms with Gasteiger partial charge in [-0.25, -0.2) is 4.79 Å². The van der Waals surface area contributed by atoms with E-state index in [9.17, 15) is 4.79 Å². The molecule has 0 fully saturated rings. The Morgan fingerprint density at radius 1 is 1.32 bits per heavy atom. The lowest BCUT2D eigenvalue weighted by Gasteiger charge is -2.24. The fourth-order valence-electron chi connectivity index (χ4n) is 1.60. The minimum absolute atomic E-state index is 0.479. The average molecular weight is 313 g/mol. The molecule has 0 aliphatic heterocycles. The van der Waals surface area contributed by atoms with E-state index in [0.717, 1.165) is 17.7 Å². The molecule has 0 aliphatic rings. The summed E-state index contributed by atoms with van der Waals surface area (Å²) in [6.45, 7) is 13.7. The van der Waals surface area contributed by atoms with Crippen LogP contribution in [-0.2, 0) is 9.47 Å². The van der Waals surface area contributed by atoms with E-state index in [4.69, 9.17) is 9.47 Å². The van der Waals surface area contributed by atoms with Crippen LogP contribution in [0.5, 0.6) is 0 Å². The van der Waals surface area contributed by atoms with Crippen LogP contribution in [-0.4, -0.2) is 42.3 Å². The van der Waals surface area contributed by atoms with Crippen molar-refractivity contribution in [3.05, 3.63) is 11.8 Å². The summed E-state index contributed by atoms with van der Waals surface area (Å²) >= 11 is 0. The molecule has 0 aromatic heterocycles. The summed E-state index contributed by atoms with van der Waals surface area (Å²) in [4.78, 5) is 11.9. The summed E-state index contributed by atoms with van der Waals surface area (Å²) in [7, 11) is 1.85. The van der Waals surface area contributed by atoms with Gasteiger partial charge in [0.15, 0.2) is 6.23 Å². The molecule has 0 aromatic rings. The van der Waals surface area contributed by atoms with E-state index in [2.05, 4.69) is 17.3 Å². The van der Waals surface area contributed by atoms with Gasteiger partial charge < -0.3 is 9.47 Å². The van der Waals surface area contributed by atoms with Crippen molar-refractivity contribution in [3.63, 3.8) is 0 Å². The second-order valence-corrected chi connectivity index (χ2v) is 6.12. The van der Waals surface area contributed by atoms with Crippen LogP contribution in [0.2, 0.25) is 0 Å². The van der Waals surface area contributed by atoms with E-state index in [1.165, 1.54) is 0 Å². The third-order valence-electron chi connectivity index (χ3n) is 2.63. The number of carbonyl (C=O) groups is 1. The van der Waals surface area contributed by atoms with E-state index in [1.807, 2.05) is 54.8 Å². The van der Waals surface area contributed by atoms with Crippen molar-refractivity contribution >= 4 is 11.8 Å². The predicted octanol–water partition coefficient (Wildman–Crippen LogP) is 3.50. The molecule has 1 N–H and O–H groups in total. The Labute approximate surface area is 134 Å². The van der Waals surface area contributed by atoms with Gasteiger partial charge in [0.2, 0.25) is 0 Å². The van der Waals surface area contributed by atoms with Crippen molar-refractivity contribution in [2.24, 2.45) is 5.10 Å². The van der Waals surface area contributed by atoms with Gasteiger partial charge in [-0.15, -0.1) is 0 Å². The average Bonchev–Trinajstić information content (AvgIpc) is 2.35. The zero-order valence-corrected chi connectivity index (χ0v) is 15.2. The normalized spacial score (nSPS) is 14.5. The van der Waals surface area contributed by atoms with Gasteiger partial charge >= 0.3 is 6.09 Å². The molecule has 0 saturated heterocycles. The van der Waals surface area contributed by atoms with Crippen LogP contribution in [0.1, 0.15) is 54.9 Å². The van der Waals surface area contributed by atoms with Gasteiger partial charge in [-0.05, 0) is 53.5 Å². The molecule has 0 aliphatic carbocycles. The third-order valence-corrected chi connectivity index (χ3v) is 2.63. The van der Waals surface area contributed by atoms with Crippen molar-refractivity contribution in [1.82, 2.24) is 10.3 Å². The highest BCUT2D eigenvalue weighted by Crippen LogP contribution is 2.10. The van der Waals surface area contributed by atoms with Gasteiger partial charge in [0.05, 0.1) is 0 Å². The lowest BCUT2D eigenvalue weighted by atomic mass is 10.2. The highest BCUT2D eigenvalue weighted by molar-refractivity contribution is 5.81. The molecule has 6 heteroatoms. The van der Waals surface area contributed by atoms with E-state index in [0.29, 0.717) is 6.61 Å². The van der Waals surface area contributed by atoms with Gasteiger partial charge in [0, 0.05) is 25.6 Å². The number of ether oxygens (including phenoxy) is 2. The smallest absolute Gasteiger partial charge is 0.409 e. The van der Waals surface area contributed by atoms with Crippen LogP contribution < -0.4 is 5.32 Å². The van der Waals surface area contributed by atoms with Gasteiger partial charge in [-0.3, -0.25) is 10.3 Å². The number of hydrazone groups is 1. The van der Waals surface area contributed by atoms with Crippen LogP contribution in [0.15, 0.2) is 16.9 Å². The first-order chi connectivity index (χ1) is 10.1. The summed E-state index contributed by atoms with van der Waals surface area (Å²) < 4.78 is 10.8. The summed E-state index contributed by atoms with van der Waals surface area (Å²) in [5.74, 6) is 0. The lowest BCUT2D eigenvalue weighted by molar-refractivity contribution is 0.0221. The maximum Gasteiger partial charge on any atom is 0.409 e. The summed E-state index contributed by atoms with van der Waals surface area (Å²) in [5, 5.41) is 8.83. The molecule has 0 spiro atoms. The molecule has 0 heterocycles. The minimum Gasteiger partial charge on any atom is -0.444 e. The zero-order chi connectivity index (χ0) is 17.3. The summed E-state index contributed by atoms with van der Waals surface area (Å²) in [5.41, 5.74) is 1.32. The predicted molar refractivity (Wildman–Crippen MR) is 89.7 cm³/mol. The molecule has 0 saturated carbocycles. The third kappa shape index (κ3) is 9.39. The molecule has 6 nitrogen and oxygen atoms in total. The minimum atomic E-state index is -0.544. The Morgan fingerprint density at radius 3 is 2.36 bits per heavy atom. The molecule has 22 heavy (non-hydrogen) atoms. The Bertz CT molecular complexity index is 411. The van der Waals surface area contributed by atoms with E-state index < -0.39 is 17.9 Å². The number of alkyl carbamates (subject to hydrolysis) is 1. The van der Waals surface area contributed by atoms with Crippen molar-refractivity contribution in [2.75, 3.05) is 13.7 Å². The zero-order valence-electron chi connectivity index (χ0n) is 15.2. The molecule has 0 bridgehead atoms. The number of rotatable bonds is 7. The first kappa shape index (κ1) is 20.4. The van der Waals surface area contributed by atoms with Crippen LogP contribution in [0.3, 0.4) is 0 Å². The maximum atomic E-state index is 11.9. The first-order valence-electron chi connectivity index (χ1n) is 7.65. The van der Waals surface area contributed by atoms with Crippen molar-refractivity contribution in [1.29, 1.82) is 0 Å². The van der Waals surface area contributed by atoms with Crippen molar-refractivity contribution in [3.8, 4) is 0 Å². The van der Waals surface area contributed by atoms with Gasteiger partial charge in [0.1, 0.15) is 5.60 Å². The number of carbonyl (C=O) groups excluding carboxylic acids is 1. The van der Waals surface area contributed by atoms with Crippen LogP contribution in [0, 0.1) is 0 Å². The Hall–Kier alpha value is -1.56. The Balaban J connectivity index is 4.89. The SMILES string of the molecule is CCOC(NC(=O)OC(C)(C)C)/C(C)=C\N(C)/N=C(\C)CC. The number of nitrogens with zero attached hydrogens (tertiary/aromatic N) is 2. The summed E-state index contributed by atoms with van der Waals surface area (Å²) in [6, 6.07) is 0. The first-order valence-corrected chi connectivity index (χ1v) is 7.65. The van der Waals surface area contributed by atoms with Crippen molar-refractivity contribution in [2.45, 2.75) is 66.7 Å². The molecular formula is C16H31N3O3. The number of nitrogens with one attached hydrogen (secondary N) is 1. The van der Waals surface area contributed by atoms with Crippen LogP contribution in [0.25, 0.3) is 0 Å². The summed E-state index contributed by atoms with van der Waals surface area (Å²) in [6.07, 6.45) is 1.67. The molecular weight excluding hydrogens is 282 g/mol. The standard InChI is InChI=1S/C16H31N3O3/c1-9-13(4)18-19(8)11-12(3)14(21-10-2)17-15(20)22-16(5,6)7/h11,14H,9-10H2,1-8H3,(H,17,20)/b12-11-,18-13+. The van der Waals surface area contributed by atoms with Gasteiger partial charge in [-0.2, -0.15) is 5.10 Å². The quantitative estimate of drug-likeness (QED) is 0.444. The van der Waals surface area contributed by atoms with Gasteiger partial charge in [-0.1, -0.05) is 6.92 Å². The van der Waals surface area contributed by atoms with E-state index in [-0.39, 0.29) is 0 Å². The van der Waals surface area contributed by atoms with E-state index in [1.54, 1.807) is 5.01 Å². The fourth-order valence-corrected chi connectivity index (χ4v) is 1.60. The molecule has 1 unspecified atom stereocenters. The highest BCUT2D eigenvalue weighted by Gasteiger charge is 2.20. The molecule has 0 radical (unpaired) electrons. The lowest BCUT2D eigenvalue weighted by Crippen LogP contribution is -2.41. The molecule has 0 rings (SSSR count). The van der Waals surface area contributed by atoms with Crippen molar-refractivity contribution < 1.29 is 14.3 Å². The van der Waals surface area contributed by atoms with Crippen LogP contribution in [0.4, 0.5) is 4.79 Å². The second-order valence-electron chi connectivity index (χ2n) is 6.12. The number of hydrogen-bond donors (Lipinski definition) is 1. The Morgan fingerprint density at radius 2 is 1.91 bits per heavy atom. The monoisotopic (exact) mass is 313 g/mol. The second kappa shape index (κ2) is 9.46. The van der Waals surface area contributed by atoms with Crippen LogP contribution >= 0.6 is 0 Å². The molecule has 1 amide bonds. The largest absolute Gasteiger partial charge is 0.444 e. The number of amides is 1. The molecule has 128 valence electrons.